The Morgan fingerprint density at radius 2 is 2.42 bits per heavy atom. The molecular formula is C8H11ClN2O. The van der Waals surface area contributed by atoms with Crippen LogP contribution in [0.4, 0.5) is 0 Å². The first kappa shape index (κ1) is 9.26. The molecule has 0 fully saturated rings. The lowest BCUT2D eigenvalue weighted by Crippen LogP contribution is -2.07. The number of rotatable bonds is 3. The molecule has 0 aliphatic heterocycles. The van der Waals surface area contributed by atoms with E-state index >= 15 is 0 Å². The highest BCUT2D eigenvalue weighted by Crippen LogP contribution is 2.18. The Kier molecular flexibility index (Phi) is 2.87. The maximum Gasteiger partial charge on any atom is 0.125 e. The van der Waals surface area contributed by atoms with Crippen LogP contribution >= 0.6 is 11.6 Å². The van der Waals surface area contributed by atoms with Crippen LogP contribution in [0.2, 0.25) is 5.02 Å². The van der Waals surface area contributed by atoms with Crippen molar-refractivity contribution in [2.24, 2.45) is 0 Å². The van der Waals surface area contributed by atoms with Gasteiger partial charge < -0.3 is 4.79 Å². The summed E-state index contributed by atoms with van der Waals surface area (Å²) in [6.07, 6.45) is 2.74. The minimum Gasteiger partial charge on any atom is -0.303 e. The topological polar surface area (TPSA) is 34.9 Å². The number of nitrogens with zero attached hydrogens (tertiary/aromatic N) is 2. The van der Waals surface area contributed by atoms with E-state index in [4.69, 9.17) is 11.6 Å². The highest BCUT2D eigenvalue weighted by molar-refractivity contribution is 6.31. The summed E-state index contributed by atoms with van der Waals surface area (Å²) < 4.78 is 1.76. The van der Waals surface area contributed by atoms with Crippen LogP contribution in [-0.4, -0.2) is 16.1 Å². The Morgan fingerprint density at radius 1 is 1.75 bits per heavy atom. The molecule has 0 saturated carbocycles. The van der Waals surface area contributed by atoms with Gasteiger partial charge in [0.2, 0.25) is 0 Å². The van der Waals surface area contributed by atoms with Gasteiger partial charge in [0.25, 0.3) is 0 Å². The summed E-state index contributed by atoms with van der Waals surface area (Å²) in [6.45, 7) is 4.00. The number of hydrogen-bond donors (Lipinski definition) is 0. The molecule has 1 rings (SSSR count). The molecule has 1 aromatic heterocycles. The van der Waals surface area contributed by atoms with Crippen LogP contribution in [0, 0.1) is 0 Å². The lowest BCUT2D eigenvalue weighted by Gasteiger charge is -2.08. The van der Waals surface area contributed by atoms with Gasteiger partial charge in [0.1, 0.15) is 6.29 Å². The minimum absolute atomic E-state index is 0.243. The van der Waals surface area contributed by atoms with Gasteiger partial charge in [-0.2, -0.15) is 5.10 Å². The molecule has 0 aliphatic carbocycles. The summed E-state index contributed by atoms with van der Waals surface area (Å²) in [5, 5.41) is 4.63. The van der Waals surface area contributed by atoms with Crippen molar-refractivity contribution in [1.82, 2.24) is 9.78 Å². The van der Waals surface area contributed by atoms with Crippen molar-refractivity contribution in [2.45, 2.75) is 26.3 Å². The van der Waals surface area contributed by atoms with Gasteiger partial charge in [-0.3, -0.25) is 4.68 Å². The van der Waals surface area contributed by atoms with E-state index < -0.39 is 0 Å². The first-order valence-corrected chi connectivity index (χ1v) is 4.20. The van der Waals surface area contributed by atoms with E-state index in [-0.39, 0.29) is 6.04 Å². The predicted octanol–water partition coefficient (Wildman–Crippen LogP) is 1.86. The third kappa shape index (κ3) is 1.67. The molecule has 0 atom stereocenters. The second-order valence-corrected chi connectivity index (χ2v) is 3.26. The van der Waals surface area contributed by atoms with E-state index in [1.165, 1.54) is 0 Å². The van der Waals surface area contributed by atoms with E-state index in [1.807, 2.05) is 13.8 Å². The van der Waals surface area contributed by atoms with Crippen molar-refractivity contribution in [1.29, 1.82) is 0 Å². The zero-order valence-corrected chi connectivity index (χ0v) is 7.88. The molecule has 1 aromatic rings. The minimum atomic E-state index is 0.243. The quantitative estimate of drug-likeness (QED) is 0.676. The summed E-state index contributed by atoms with van der Waals surface area (Å²) in [4.78, 5) is 10.3. The fourth-order valence-corrected chi connectivity index (χ4v) is 1.29. The van der Waals surface area contributed by atoms with Crippen molar-refractivity contribution < 1.29 is 4.79 Å². The Hall–Kier alpha value is -0.830. The number of aromatic nitrogens is 2. The number of carbonyl (C=O) groups excluding carboxylic acids is 1. The summed E-state index contributed by atoms with van der Waals surface area (Å²) in [7, 11) is 0. The standard InChI is InChI=1S/C8H11ClN2O/c1-6(2)11-8(3-4-12)7(9)5-10-11/h4-6H,3H2,1-2H3. The molecule has 0 aliphatic rings. The van der Waals surface area contributed by atoms with Crippen LogP contribution in [0.5, 0.6) is 0 Å². The van der Waals surface area contributed by atoms with Gasteiger partial charge in [0.05, 0.1) is 16.9 Å². The van der Waals surface area contributed by atoms with Crippen LogP contribution < -0.4 is 0 Å². The molecule has 3 nitrogen and oxygen atoms in total. The second-order valence-electron chi connectivity index (χ2n) is 2.85. The molecule has 0 saturated heterocycles. The van der Waals surface area contributed by atoms with Crippen LogP contribution in [0.15, 0.2) is 6.20 Å². The number of aldehydes is 1. The fraction of sp³-hybridized carbons (Fsp3) is 0.500. The molecule has 4 heteroatoms. The average molecular weight is 187 g/mol. The zero-order valence-electron chi connectivity index (χ0n) is 7.12. The SMILES string of the molecule is CC(C)n1ncc(Cl)c1CC=O. The van der Waals surface area contributed by atoms with Crippen LogP contribution in [-0.2, 0) is 11.2 Å². The maximum atomic E-state index is 10.3. The van der Waals surface area contributed by atoms with Gasteiger partial charge in [0, 0.05) is 12.5 Å². The van der Waals surface area contributed by atoms with Crippen molar-refractivity contribution in [3.05, 3.63) is 16.9 Å². The molecule has 0 spiro atoms. The van der Waals surface area contributed by atoms with Gasteiger partial charge in [-0.25, -0.2) is 0 Å². The Labute approximate surface area is 76.3 Å². The lowest BCUT2D eigenvalue weighted by atomic mass is 10.3. The predicted molar refractivity (Wildman–Crippen MR) is 47.4 cm³/mol. The highest BCUT2D eigenvalue weighted by atomic mass is 35.5. The third-order valence-electron chi connectivity index (χ3n) is 1.61. The van der Waals surface area contributed by atoms with Crippen molar-refractivity contribution in [3.8, 4) is 0 Å². The normalized spacial score (nSPS) is 10.7. The van der Waals surface area contributed by atoms with Gasteiger partial charge in [-0.05, 0) is 13.8 Å². The van der Waals surface area contributed by atoms with E-state index in [1.54, 1.807) is 10.9 Å². The molecule has 0 aromatic carbocycles. The first-order chi connectivity index (χ1) is 5.66. The lowest BCUT2D eigenvalue weighted by molar-refractivity contribution is -0.107. The van der Waals surface area contributed by atoms with E-state index in [0.717, 1.165) is 12.0 Å². The van der Waals surface area contributed by atoms with E-state index in [9.17, 15) is 4.79 Å². The Bertz CT molecular complexity index is 281. The molecule has 66 valence electrons. The molecule has 0 radical (unpaired) electrons. The second kappa shape index (κ2) is 3.72. The monoisotopic (exact) mass is 186 g/mol. The fourth-order valence-electron chi connectivity index (χ4n) is 1.08. The maximum absolute atomic E-state index is 10.3. The molecular weight excluding hydrogens is 176 g/mol. The van der Waals surface area contributed by atoms with E-state index in [0.29, 0.717) is 11.4 Å². The molecule has 0 amide bonds. The van der Waals surface area contributed by atoms with Gasteiger partial charge in [0.15, 0.2) is 0 Å². The largest absolute Gasteiger partial charge is 0.303 e. The smallest absolute Gasteiger partial charge is 0.125 e. The summed E-state index contributed by atoms with van der Waals surface area (Å²) in [5.41, 5.74) is 0.793. The van der Waals surface area contributed by atoms with Crippen molar-refractivity contribution in [3.63, 3.8) is 0 Å². The first-order valence-electron chi connectivity index (χ1n) is 3.82. The van der Waals surface area contributed by atoms with Gasteiger partial charge in [-0.15, -0.1) is 0 Å². The summed E-state index contributed by atoms with van der Waals surface area (Å²) in [6, 6.07) is 0.243. The Balaban J connectivity index is 3.03. The number of hydrogen-bond acceptors (Lipinski definition) is 2. The summed E-state index contributed by atoms with van der Waals surface area (Å²) >= 11 is 5.83. The molecule has 0 unspecified atom stereocenters. The van der Waals surface area contributed by atoms with Gasteiger partial charge >= 0.3 is 0 Å². The van der Waals surface area contributed by atoms with Crippen LogP contribution in [0.1, 0.15) is 25.6 Å². The number of carbonyl (C=O) groups is 1. The van der Waals surface area contributed by atoms with Crippen molar-refractivity contribution in [2.75, 3.05) is 0 Å². The molecule has 1 heterocycles. The third-order valence-corrected chi connectivity index (χ3v) is 1.93. The molecule has 0 N–H and O–H groups in total. The van der Waals surface area contributed by atoms with Crippen molar-refractivity contribution >= 4 is 17.9 Å². The average Bonchev–Trinajstić information content (AvgIpc) is 2.34. The van der Waals surface area contributed by atoms with E-state index in [2.05, 4.69) is 5.10 Å². The Morgan fingerprint density at radius 3 is 2.92 bits per heavy atom. The van der Waals surface area contributed by atoms with Crippen LogP contribution in [0.3, 0.4) is 0 Å². The zero-order chi connectivity index (χ0) is 9.14. The molecule has 12 heavy (non-hydrogen) atoms. The summed E-state index contributed by atoms with van der Waals surface area (Å²) in [5.74, 6) is 0. The highest BCUT2D eigenvalue weighted by Gasteiger charge is 2.10. The van der Waals surface area contributed by atoms with Crippen LogP contribution in [0.25, 0.3) is 0 Å². The van der Waals surface area contributed by atoms with Gasteiger partial charge in [-0.1, -0.05) is 11.6 Å². The number of halogens is 1. The molecule has 0 bridgehead atoms.